The molecular weight excluding hydrogens is 595 g/mol. The first kappa shape index (κ1) is 38.9. The number of hydrogen-bond donors (Lipinski definition) is 0. The normalized spacial score (nSPS) is 13.6. The van der Waals surface area contributed by atoms with E-state index in [9.17, 15) is 0 Å². The first-order valence-corrected chi connectivity index (χ1v) is 18.4. The van der Waals surface area contributed by atoms with Crippen molar-refractivity contribution in [3.05, 3.63) is 87.5 Å². The highest BCUT2D eigenvalue weighted by Gasteiger charge is 2.34. The molecule has 0 radical (unpaired) electrons. The number of rotatable bonds is 6. The Morgan fingerprint density at radius 2 is 0.702 bits per heavy atom. The van der Waals surface area contributed by atoms with Crippen molar-refractivity contribution in [2.24, 2.45) is 0 Å². The molecule has 0 N–H and O–H groups in total. The van der Waals surface area contributed by atoms with Gasteiger partial charge in [0, 0.05) is 22.3 Å². The van der Waals surface area contributed by atoms with Crippen LogP contribution in [0.25, 0.3) is 0 Å². The minimum atomic E-state index is -1.93. The Bertz CT molecular complexity index is 1440. The summed E-state index contributed by atoms with van der Waals surface area (Å²) in [5, 5.41) is 0. The predicted octanol–water partition coefficient (Wildman–Crippen LogP) is 13.5. The summed E-state index contributed by atoms with van der Waals surface area (Å²) in [5.74, 6) is 2.44. The predicted molar refractivity (Wildman–Crippen MR) is 205 cm³/mol. The van der Waals surface area contributed by atoms with Crippen molar-refractivity contribution in [2.45, 2.75) is 164 Å². The Balaban J connectivity index is 2.33. The van der Waals surface area contributed by atoms with Gasteiger partial charge in [0.25, 0.3) is 0 Å². The smallest absolute Gasteiger partial charge is 0.408 e. The largest absolute Gasteiger partial charge is 0.530 e. The molecule has 0 atom stereocenters. The Morgan fingerprint density at radius 1 is 0.383 bits per heavy atom. The first-order valence-electron chi connectivity index (χ1n) is 17.3. The maximum atomic E-state index is 7.14. The van der Waals surface area contributed by atoms with Gasteiger partial charge in [0.1, 0.15) is 17.2 Å². The van der Waals surface area contributed by atoms with Crippen molar-refractivity contribution in [1.82, 2.24) is 0 Å². The van der Waals surface area contributed by atoms with Crippen LogP contribution in [0.1, 0.15) is 164 Å². The average Bonchev–Trinajstić information content (AvgIpc) is 2.86. The summed E-state index contributed by atoms with van der Waals surface area (Å²) in [5.41, 5.74) is 7.76. The quantitative estimate of drug-likeness (QED) is 0.246. The zero-order chi connectivity index (χ0) is 36.1. The minimum Gasteiger partial charge on any atom is -0.408 e. The third kappa shape index (κ3) is 9.78. The lowest BCUT2D eigenvalue weighted by Gasteiger charge is -2.33. The molecule has 0 aliphatic carbocycles. The first-order chi connectivity index (χ1) is 21.0. The van der Waals surface area contributed by atoms with E-state index >= 15 is 0 Å². The van der Waals surface area contributed by atoms with E-state index in [1.54, 1.807) is 0 Å². The molecule has 0 amide bonds. The van der Waals surface area contributed by atoms with Crippen LogP contribution in [-0.4, -0.2) is 0 Å². The molecule has 0 saturated carbocycles. The standard InChI is InChI=1S/C43H65O3P/c1-28-24-33(42(14,15)16)37(34(25-28)43(17,18)19)46-47(44-35-22-20-29(38(2,3)4)26-31(35)40(8,9)10)45-36-23-21-30(39(5,6)7)27-32(36)41(11,12)13/h20-27H,1-19H3. The molecule has 3 nitrogen and oxygen atoms in total. The summed E-state index contributed by atoms with van der Waals surface area (Å²) in [6, 6.07) is 17.7. The third-order valence-corrected chi connectivity index (χ3v) is 9.69. The van der Waals surface area contributed by atoms with E-state index in [0.717, 1.165) is 39.5 Å². The van der Waals surface area contributed by atoms with Gasteiger partial charge in [-0.25, -0.2) is 0 Å². The highest BCUT2D eigenvalue weighted by Crippen LogP contribution is 2.52. The molecule has 4 heteroatoms. The fraction of sp³-hybridized carbons (Fsp3) is 0.581. The van der Waals surface area contributed by atoms with Gasteiger partial charge in [-0.05, 0) is 62.7 Å². The van der Waals surface area contributed by atoms with Crippen molar-refractivity contribution < 1.29 is 13.6 Å². The Hall–Kier alpha value is -2.51. The Kier molecular flexibility index (Phi) is 10.8. The van der Waals surface area contributed by atoms with Crippen LogP contribution < -0.4 is 13.6 Å². The van der Waals surface area contributed by atoms with Gasteiger partial charge >= 0.3 is 8.60 Å². The molecule has 0 heterocycles. The van der Waals surface area contributed by atoms with E-state index in [0.29, 0.717) is 0 Å². The molecule has 260 valence electrons. The summed E-state index contributed by atoms with van der Waals surface area (Å²) >= 11 is 0. The van der Waals surface area contributed by atoms with E-state index in [-0.39, 0.29) is 32.5 Å². The van der Waals surface area contributed by atoms with Crippen LogP contribution in [-0.2, 0) is 32.5 Å². The monoisotopic (exact) mass is 660 g/mol. The summed E-state index contributed by atoms with van der Waals surface area (Å²) in [7, 11) is -1.93. The van der Waals surface area contributed by atoms with E-state index in [1.165, 1.54) is 16.7 Å². The van der Waals surface area contributed by atoms with Crippen LogP contribution in [0, 0.1) is 6.92 Å². The third-order valence-electron chi connectivity index (χ3n) is 8.67. The molecule has 0 unspecified atom stereocenters. The van der Waals surface area contributed by atoms with Crippen molar-refractivity contribution in [2.75, 3.05) is 0 Å². The van der Waals surface area contributed by atoms with Gasteiger partial charge in [-0.2, -0.15) is 0 Å². The Morgan fingerprint density at radius 3 is 0.979 bits per heavy atom. The van der Waals surface area contributed by atoms with Crippen molar-refractivity contribution in [3.8, 4) is 17.2 Å². The number of aryl methyl sites for hydroxylation is 1. The molecule has 0 spiro atoms. The maximum Gasteiger partial charge on any atom is 0.530 e. The lowest BCUT2D eigenvalue weighted by atomic mass is 9.78. The number of benzene rings is 3. The van der Waals surface area contributed by atoms with E-state index in [4.69, 9.17) is 13.6 Å². The molecule has 0 fully saturated rings. The second kappa shape index (κ2) is 13.1. The fourth-order valence-corrected chi connectivity index (χ4v) is 6.70. The van der Waals surface area contributed by atoms with Gasteiger partial charge < -0.3 is 13.6 Å². The van der Waals surface area contributed by atoms with Gasteiger partial charge in [0.2, 0.25) is 0 Å². The molecule has 0 aromatic heterocycles. The molecule has 0 bridgehead atoms. The molecule has 0 aliphatic heterocycles. The molecule has 3 aromatic carbocycles. The lowest BCUT2D eigenvalue weighted by Crippen LogP contribution is -2.21. The molecule has 3 aromatic rings. The van der Waals surface area contributed by atoms with Crippen molar-refractivity contribution in [1.29, 1.82) is 0 Å². The average molecular weight is 661 g/mol. The zero-order valence-corrected chi connectivity index (χ0v) is 34.2. The SMILES string of the molecule is Cc1cc(C(C)(C)C)c(OP(Oc2ccc(C(C)(C)C)cc2C(C)(C)C)Oc2ccc(C(C)(C)C)cc2C(C)(C)C)c(C(C)(C)C)c1. The Labute approximate surface area is 290 Å². The van der Waals surface area contributed by atoms with Crippen LogP contribution in [0.5, 0.6) is 17.2 Å². The van der Waals surface area contributed by atoms with Crippen LogP contribution in [0.4, 0.5) is 0 Å². The van der Waals surface area contributed by atoms with Crippen LogP contribution in [0.15, 0.2) is 48.5 Å². The molecule has 47 heavy (non-hydrogen) atoms. The van der Waals surface area contributed by atoms with Crippen LogP contribution >= 0.6 is 8.60 Å². The topological polar surface area (TPSA) is 27.7 Å². The van der Waals surface area contributed by atoms with Crippen molar-refractivity contribution in [3.63, 3.8) is 0 Å². The van der Waals surface area contributed by atoms with Gasteiger partial charge in [-0.3, -0.25) is 0 Å². The van der Waals surface area contributed by atoms with E-state index in [2.05, 4.69) is 180 Å². The van der Waals surface area contributed by atoms with Gasteiger partial charge in [0.05, 0.1) is 0 Å². The minimum absolute atomic E-state index is 0.0117. The summed E-state index contributed by atoms with van der Waals surface area (Å²) in [6.07, 6.45) is 0. The highest BCUT2D eigenvalue weighted by molar-refractivity contribution is 7.43. The molecule has 0 aliphatic rings. The van der Waals surface area contributed by atoms with Gasteiger partial charge in [-0.15, -0.1) is 0 Å². The summed E-state index contributed by atoms with van der Waals surface area (Å²) < 4.78 is 21.1. The summed E-state index contributed by atoms with van der Waals surface area (Å²) in [4.78, 5) is 0. The second-order valence-corrected chi connectivity index (χ2v) is 20.6. The lowest BCUT2D eigenvalue weighted by molar-refractivity contribution is 0.366. The zero-order valence-electron chi connectivity index (χ0n) is 33.3. The van der Waals surface area contributed by atoms with Crippen molar-refractivity contribution >= 4 is 8.60 Å². The maximum absolute atomic E-state index is 7.14. The molecule has 3 rings (SSSR count). The van der Waals surface area contributed by atoms with Crippen LogP contribution in [0.3, 0.4) is 0 Å². The van der Waals surface area contributed by atoms with Gasteiger partial charge in [0.15, 0.2) is 0 Å². The van der Waals surface area contributed by atoms with Crippen LogP contribution in [0.2, 0.25) is 0 Å². The summed E-state index contributed by atoms with van der Waals surface area (Å²) in [6.45, 7) is 42.6. The molecule has 0 saturated heterocycles. The van der Waals surface area contributed by atoms with E-state index < -0.39 is 8.60 Å². The molecular formula is C43H65O3P. The second-order valence-electron chi connectivity index (χ2n) is 19.6. The van der Waals surface area contributed by atoms with E-state index in [1.807, 2.05) is 0 Å². The highest BCUT2D eigenvalue weighted by atomic mass is 31.2. The van der Waals surface area contributed by atoms with Gasteiger partial charge in [-0.1, -0.05) is 167 Å². The fourth-order valence-electron chi connectivity index (χ4n) is 5.60. The number of hydrogen-bond acceptors (Lipinski definition) is 3.